The van der Waals surface area contributed by atoms with Crippen molar-refractivity contribution in [3.63, 3.8) is 0 Å². The Kier molecular flexibility index (Phi) is 7.16. The Morgan fingerprint density at radius 2 is 1.75 bits per heavy atom. The molecule has 1 amide bonds. The maximum Gasteiger partial charge on any atom is 0.355 e. The van der Waals surface area contributed by atoms with Crippen molar-refractivity contribution < 1.29 is 14.3 Å². The van der Waals surface area contributed by atoms with E-state index in [9.17, 15) is 9.59 Å². The predicted octanol–water partition coefficient (Wildman–Crippen LogP) is 3.22. The van der Waals surface area contributed by atoms with Crippen molar-refractivity contribution >= 4 is 11.9 Å². The van der Waals surface area contributed by atoms with Crippen molar-refractivity contribution in [2.75, 3.05) is 32.8 Å². The number of amides is 1. The molecule has 0 atom stereocenters. The number of ether oxygens (including phenoxy) is 1. The number of carbonyl (C=O) groups is 2. The lowest BCUT2D eigenvalue weighted by Gasteiger charge is -2.40. The summed E-state index contributed by atoms with van der Waals surface area (Å²) >= 11 is 0. The second-order valence-electron chi connectivity index (χ2n) is 8.16. The van der Waals surface area contributed by atoms with Gasteiger partial charge in [-0.2, -0.15) is 0 Å². The van der Waals surface area contributed by atoms with E-state index in [-0.39, 0.29) is 11.9 Å². The summed E-state index contributed by atoms with van der Waals surface area (Å²) in [6.45, 7) is 10.3. The smallest absolute Gasteiger partial charge is 0.355 e. The fourth-order valence-electron chi connectivity index (χ4n) is 4.73. The van der Waals surface area contributed by atoms with E-state index in [1.807, 2.05) is 18.7 Å². The van der Waals surface area contributed by atoms with Gasteiger partial charge in [0.1, 0.15) is 5.69 Å². The third-order valence-corrected chi connectivity index (χ3v) is 6.39. The monoisotopic (exact) mass is 389 g/mol. The molecule has 2 saturated heterocycles. The normalized spacial score (nSPS) is 19.0. The Morgan fingerprint density at radius 1 is 1.07 bits per heavy atom. The third-order valence-electron chi connectivity index (χ3n) is 6.39. The lowest BCUT2D eigenvalue weighted by molar-refractivity contribution is -0.132. The van der Waals surface area contributed by atoms with Gasteiger partial charge in [-0.1, -0.05) is 6.42 Å². The molecule has 1 aromatic heterocycles. The summed E-state index contributed by atoms with van der Waals surface area (Å²) < 4.78 is 5.11. The second-order valence-corrected chi connectivity index (χ2v) is 8.16. The van der Waals surface area contributed by atoms with Gasteiger partial charge in [0.25, 0.3) is 0 Å². The number of nitrogens with zero attached hydrogens (tertiary/aromatic N) is 2. The highest BCUT2D eigenvalue weighted by Crippen LogP contribution is 2.23. The van der Waals surface area contributed by atoms with Gasteiger partial charge in [0, 0.05) is 31.2 Å². The van der Waals surface area contributed by atoms with E-state index in [1.54, 1.807) is 6.92 Å². The number of esters is 1. The van der Waals surface area contributed by atoms with Crippen LogP contribution in [-0.4, -0.2) is 65.5 Å². The van der Waals surface area contributed by atoms with E-state index in [1.165, 1.54) is 32.4 Å². The Bertz CT molecular complexity index is 683. The average Bonchev–Trinajstić information content (AvgIpc) is 3.01. The van der Waals surface area contributed by atoms with Gasteiger partial charge in [0.2, 0.25) is 5.91 Å². The Morgan fingerprint density at radius 3 is 2.39 bits per heavy atom. The number of likely N-dealkylation sites (tertiary alicyclic amines) is 2. The van der Waals surface area contributed by atoms with Crippen molar-refractivity contribution in [2.45, 2.75) is 71.8 Å². The van der Waals surface area contributed by atoms with Crippen LogP contribution >= 0.6 is 0 Å². The van der Waals surface area contributed by atoms with E-state index < -0.39 is 0 Å². The van der Waals surface area contributed by atoms with Gasteiger partial charge in [-0.05, 0) is 77.1 Å². The van der Waals surface area contributed by atoms with Crippen LogP contribution in [0, 0.1) is 13.8 Å². The zero-order valence-corrected chi connectivity index (χ0v) is 17.7. The molecule has 1 aromatic rings. The van der Waals surface area contributed by atoms with Gasteiger partial charge in [0.15, 0.2) is 0 Å². The maximum absolute atomic E-state index is 12.7. The van der Waals surface area contributed by atoms with Crippen LogP contribution in [0.25, 0.3) is 0 Å². The molecular weight excluding hydrogens is 354 g/mol. The Hall–Kier alpha value is -1.82. The summed E-state index contributed by atoms with van der Waals surface area (Å²) in [4.78, 5) is 32.6. The highest BCUT2D eigenvalue weighted by molar-refractivity contribution is 5.90. The van der Waals surface area contributed by atoms with Crippen LogP contribution in [0.4, 0.5) is 0 Å². The van der Waals surface area contributed by atoms with Gasteiger partial charge in [-0.15, -0.1) is 0 Å². The molecule has 0 unspecified atom stereocenters. The zero-order chi connectivity index (χ0) is 20.1. The Labute approximate surface area is 168 Å². The molecule has 2 fully saturated rings. The van der Waals surface area contributed by atoms with Crippen molar-refractivity contribution in [2.24, 2.45) is 0 Å². The SMILES string of the molecule is CCOC(=O)c1[nH]c(C)c(CCC(=O)N2CCC(N3CCCCC3)CC2)c1C. The molecular formula is C22H35N3O3. The Balaban J connectivity index is 1.50. The summed E-state index contributed by atoms with van der Waals surface area (Å²) in [5.41, 5.74) is 3.45. The van der Waals surface area contributed by atoms with E-state index in [4.69, 9.17) is 4.74 Å². The minimum Gasteiger partial charge on any atom is -0.461 e. The molecule has 0 spiro atoms. The number of hydrogen-bond donors (Lipinski definition) is 1. The molecule has 0 aliphatic carbocycles. The van der Waals surface area contributed by atoms with Gasteiger partial charge < -0.3 is 19.5 Å². The standard InChI is InChI=1S/C22H35N3O3/c1-4-28-22(27)21-16(2)19(17(3)23-21)8-9-20(26)25-14-10-18(11-15-25)24-12-6-5-7-13-24/h18,23H,4-15H2,1-3H3. The number of hydrogen-bond acceptors (Lipinski definition) is 4. The molecule has 6 heteroatoms. The quantitative estimate of drug-likeness (QED) is 0.759. The van der Waals surface area contributed by atoms with Crippen molar-refractivity contribution in [1.29, 1.82) is 0 Å². The minimum atomic E-state index is -0.319. The van der Waals surface area contributed by atoms with Crippen LogP contribution in [-0.2, 0) is 16.0 Å². The van der Waals surface area contributed by atoms with Crippen molar-refractivity contribution in [3.8, 4) is 0 Å². The fourth-order valence-corrected chi connectivity index (χ4v) is 4.73. The first kappa shape index (κ1) is 20.9. The minimum absolute atomic E-state index is 0.231. The second kappa shape index (κ2) is 9.59. The van der Waals surface area contributed by atoms with Crippen LogP contribution in [0.2, 0.25) is 0 Å². The molecule has 0 bridgehead atoms. The molecule has 3 heterocycles. The van der Waals surface area contributed by atoms with E-state index in [0.29, 0.717) is 31.2 Å². The van der Waals surface area contributed by atoms with E-state index in [0.717, 1.165) is 42.8 Å². The molecule has 0 aromatic carbocycles. The highest BCUT2D eigenvalue weighted by atomic mass is 16.5. The summed E-state index contributed by atoms with van der Waals surface area (Å²) in [6, 6.07) is 0.658. The summed E-state index contributed by atoms with van der Waals surface area (Å²) in [6.07, 6.45) is 7.37. The number of aromatic amines is 1. The predicted molar refractivity (Wildman–Crippen MR) is 110 cm³/mol. The number of aryl methyl sites for hydroxylation is 1. The first-order valence-corrected chi connectivity index (χ1v) is 10.9. The van der Waals surface area contributed by atoms with Crippen LogP contribution in [0.5, 0.6) is 0 Å². The van der Waals surface area contributed by atoms with E-state index >= 15 is 0 Å². The molecule has 2 aliphatic heterocycles. The number of aromatic nitrogens is 1. The molecule has 2 aliphatic rings. The van der Waals surface area contributed by atoms with Crippen molar-refractivity contribution in [3.05, 3.63) is 22.5 Å². The number of carbonyl (C=O) groups excluding carboxylic acids is 2. The van der Waals surface area contributed by atoms with Crippen LogP contribution in [0.15, 0.2) is 0 Å². The van der Waals surface area contributed by atoms with Gasteiger partial charge in [-0.3, -0.25) is 4.79 Å². The van der Waals surface area contributed by atoms with Crippen molar-refractivity contribution in [1.82, 2.24) is 14.8 Å². The number of piperidine rings is 2. The molecule has 1 N–H and O–H groups in total. The number of nitrogens with one attached hydrogen (secondary N) is 1. The fraction of sp³-hybridized carbons (Fsp3) is 0.727. The lowest BCUT2D eigenvalue weighted by atomic mass is 9.99. The number of H-pyrrole nitrogens is 1. The summed E-state index contributed by atoms with van der Waals surface area (Å²) in [5.74, 6) is -0.0877. The van der Waals surface area contributed by atoms with E-state index in [2.05, 4.69) is 9.88 Å². The molecule has 3 rings (SSSR count). The van der Waals surface area contributed by atoms with Gasteiger partial charge in [0.05, 0.1) is 6.61 Å². The zero-order valence-electron chi connectivity index (χ0n) is 17.7. The molecule has 6 nitrogen and oxygen atoms in total. The number of rotatable bonds is 6. The third kappa shape index (κ3) is 4.77. The largest absolute Gasteiger partial charge is 0.461 e. The maximum atomic E-state index is 12.7. The van der Waals surface area contributed by atoms with Gasteiger partial charge in [-0.25, -0.2) is 4.79 Å². The molecule has 156 valence electrons. The van der Waals surface area contributed by atoms with Crippen LogP contribution in [0.1, 0.15) is 72.8 Å². The molecule has 0 radical (unpaired) electrons. The topological polar surface area (TPSA) is 65.6 Å². The first-order chi connectivity index (χ1) is 13.5. The molecule has 28 heavy (non-hydrogen) atoms. The highest BCUT2D eigenvalue weighted by Gasteiger charge is 2.27. The van der Waals surface area contributed by atoms with Gasteiger partial charge >= 0.3 is 5.97 Å². The summed E-state index contributed by atoms with van der Waals surface area (Å²) in [5, 5.41) is 0. The average molecular weight is 390 g/mol. The lowest BCUT2D eigenvalue weighted by Crippen LogP contribution is -2.48. The van der Waals surface area contributed by atoms with Crippen LogP contribution < -0.4 is 0 Å². The summed E-state index contributed by atoms with van der Waals surface area (Å²) in [7, 11) is 0. The van der Waals surface area contributed by atoms with Crippen LogP contribution in [0.3, 0.4) is 0 Å². The first-order valence-electron chi connectivity index (χ1n) is 10.9. The molecule has 0 saturated carbocycles.